The fourth-order valence-electron chi connectivity index (χ4n) is 2.10. The first-order valence-corrected chi connectivity index (χ1v) is 5.68. The van der Waals surface area contributed by atoms with Crippen molar-refractivity contribution in [1.29, 1.82) is 0 Å². The Morgan fingerprint density at radius 1 is 1.36 bits per heavy atom. The van der Waals surface area contributed by atoms with E-state index in [1.54, 1.807) is 7.05 Å². The van der Waals surface area contributed by atoms with E-state index in [-0.39, 0.29) is 0 Å². The molecule has 0 spiro atoms. The van der Waals surface area contributed by atoms with E-state index in [2.05, 4.69) is 17.2 Å². The summed E-state index contributed by atoms with van der Waals surface area (Å²) in [5, 5.41) is 3.12. The average molecular weight is 197 g/mol. The summed E-state index contributed by atoms with van der Waals surface area (Å²) >= 11 is 0. The Bertz CT molecular complexity index is 181. The van der Waals surface area contributed by atoms with Gasteiger partial charge in [0.05, 0.1) is 0 Å². The summed E-state index contributed by atoms with van der Waals surface area (Å²) in [4.78, 5) is 3.87. The molecule has 14 heavy (non-hydrogen) atoms. The van der Waals surface area contributed by atoms with Crippen molar-refractivity contribution >= 4 is 5.96 Å². The molecule has 1 saturated carbocycles. The highest BCUT2D eigenvalue weighted by Gasteiger charge is 2.17. The van der Waals surface area contributed by atoms with Crippen LogP contribution in [0.5, 0.6) is 0 Å². The van der Waals surface area contributed by atoms with E-state index in [9.17, 15) is 0 Å². The Morgan fingerprint density at radius 3 is 2.57 bits per heavy atom. The Morgan fingerprint density at radius 2 is 2.00 bits per heavy atom. The highest BCUT2D eigenvalue weighted by atomic mass is 15.1. The van der Waals surface area contributed by atoms with Gasteiger partial charge in [-0.25, -0.2) is 0 Å². The minimum absolute atomic E-state index is 0.564. The zero-order valence-electron chi connectivity index (χ0n) is 9.42. The molecule has 0 aliphatic heterocycles. The van der Waals surface area contributed by atoms with Crippen molar-refractivity contribution in [2.24, 2.45) is 22.6 Å². The smallest absolute Gasteiger partial charge is 0.188 e. The van der Waals surface area contributed by atoms with Crippen molar-refractivity contribution < 1.29 is 0 Å². The van der Waals surface area contributed by atoms with Crippen LogP contribution < -0.4 is 11.1 Å². The van der Waals surface area contributed by atoms with Crippen LogP contribution in [-0.2, 0) is 0 Å². The summed E-state index contributed by atoms with van der Waals surface area (Å²) in [5.41, 5.74) is 5.55. The van der Waals surface area contributed by atoms with Gasteiger partial charge in [0.15, 0.2) is 5.96 Å². The van der Waals surface area contributed by atoms with Gasteiger partial charge < -0.3 is 11.1 Å². The lowest BCUT2D eigenvalue weighted by molar-refractivity contribution is 0.278. The first kappa shape index (κ1) is 11.3. The Labute approximate surface area is 87.2 Å². The van der Waals surface area contributed by atoms with Gasteiger partial charge in [0, 0.05) is 13.6 Å². The van der Waals surface area contributed by atoms with E-state index in [0.29, 0.717) is 5.96 Å². The molecule has 0 unspecified atom stereocenters. The maximum atomic E-state index is 5.55. The largest absolute Gasteiger partial charge is 0.370 e. The third-order valence-electron chi connectivity index (χ3n) is 3.24. The summed E-state index contributed by atoms with van der Waals surface area (Å²) in [6, 6.07) is 0. The highest BCUT2D eigenvalue weighted by Crippen LogP contribution is 2.29. The lowest BCUT2D eigenvalue weighted by Gasteiger charge is -2.26. The molecule has 3 N–H and O–H groups in total. The maximum absolute atomic E-state index is 5.55. The third-order valence-corrected chi connectivity index (χ3v) is 3.24. The van der Waals surface area contributed by atoms with Gasteiger partial charge in [-0.15, -0.1) is 0 Å². The molecule has 82 valence electrons. The molecule has 1 aliphatic carbocycles. The predicted molar refractivity (Wildman–Crippen MR) is 61.3 cm³/mol. The minimum Gasteiger partial charge on any atom is -0.370 e. The van der Waals surface area contributed by atoms with Crippen molar-refractivity contribution in [3.63, 3.8) is 0 Å². The molecule has 0 radical (unpaired) electrons. The van der Waals surface area contributed by atoms with Crippen molar-refractivity contribution in [2.45, 2.75) is 39.0 Å². The van der Waals surface area contributed by atoms with E-state index in [0.717, 1.165) is 18.4 Å². The van der Waals surface area contributed by atoms with E-state index in [1.807, 2.05) is 0 Å². The van der Waals surface area contributed by atoms with Gasteiger partial charge in [-0.2, -0.15) is 0 Å². The summed E-state index contributed by atoms with van der Waals surface area (Å²) in [6.07, 6.45) is 6.84. The SMILES string of the molecule is CN=C(N)NCCC1CCC(C)CC1. The van der Waals surface area contributed by atoms with E-state index >= 15 is 0 Å². The fraction of sp³-hybridized carbons (Fsp3) is 0.909. The molecule has 0 aromatic heterocycles. The summed E-state index contributed by atoms with van der Waals surface area (Å²) in [7, 11) is 1.71. The van der Waals surface area contributed by atoms with Crippen LogP contribution in [0, 0.1) is 11.8 Å². The molecule has 0 heterocycles. The summed E-state index contributed by atoms with van der Waals surface area (Å²) < 4.78 is 0. The lowest BCUT2D eigenvalue weighted by atomic mass is 9.81. The maximum Gasteiger partial charge on any atom is 0.188 e. The lowest BCUT2D eigenvalue weighted by Crippen LogP contribution is -2.33. The Balaban J connectivity index is 2.07. The third kappa shape index (κ3) is 3.99. The minimum atomic E-state index is 0.564. The van der Waals surface area contributed by atoms with Crippen molar-refractivity contribution in [2.75, 3.05) is 13.6 Å². The van der Waals surface area contributed by atoms with Crippen LogP contribution in [0.15, 0.2) is 4.99 Å². The van der Waals surface area contributed by atoms with Crippen LogP contribution >= 0.6 is 0 Å². The van der Waals surface area contributed by atoms with E-state index in [4.69, 9.17) is 5.73 Å². The number of nitrogens with zero attached hydrogens (tertiary/aromatic N) is 1. The molecule has 1 rings (SSSR count). The number of hydrogen-bond acceptors (Lipinski definition) is 1. The van der Waals surface area contributed by atoms with Crippen molar-refractivity contribution in [3.05, 3.63) is 0 Å². The Hall–Kier alpha value is -0.730. The first-order valence-electron chi connectivity index (χ1n) is 5.68. The van der Waals surface area contributed by atoms with Gasteiger partial charge in [-0.3, -0.25) is 4.99 Å². The van der Waals surface area contributed by atoms with Gasteiger partial charge in [-0.1, -0.05) is 32.6 Å². The van der Waals surface area contributed by atoms with Gasteiger partial charge in [-0.05, 0) is 18.3 Å². The molecule has 0 aromatic carbocycles. The highest BCUT2D eigenvalue weighted by molar-refractivity contribution is 5.77. The number of hydrogen-bond donors (Lipinski definition) is 2. The molecule has 0 atom stereocenters. The summed E-state index contributed by atoms with van der Waals surface area (Å²) in [5.74, 6) is 2.42. The molecule has 0 bridgehead atoms. The monoisotopic (exact) mass is 197 g/mol. The van der Waals surface area contributed by atoms with Crippen molar-refractivity contribution in [1.82, 2.24) is 5.32 Å². The normalized spacial score (nSPS) is 28.9. The zero-order valence-corrected chi connectivity index (χ0v) is 9.42. The predicted octanol–water partition coefficient (Wildman–Crippen LogP) is 1.74. The van der Waals surface area contributed by atoms with Crippen LogP contribution in [0.4, 0.5) is 0 Å². The number of aliphatic imine (C=N–C) groups is 1. The average Bonchev–Trinajstić information content (AvgIpc) is 2.21. The number of guanidine groups is 1. The van der Waals surface area contributed by atoms with Crippen LogP contribution in [-0.4, -0.2) is 19.6 Å². The van der Waals surface area contributed by atoms with Crippen molar-refractivity contribution in [3.8, 4) is 0 Å². The molecule has 0 amide bonds. The number of nitrogens with one attached hydrogen (secondary N) is 1. The number of nitrogens with two attached hydrogens (primary N) is 1. The van der Waals surface area contributed by atoms with Crippen LogP contribution in [0.25, 0.3) is 0 Å². The van der Waals surface area contributed by atoms with Gasteiger partial charge in [0.1, 0.15) is 0 Å². The molecular weight excluding hydrogens is 174 g/mol. The zero-order chi connectivity index (χ0) is 10.4. The second kappa shape index (κ2) is 5.89. The van der Waals surface area contributed by atoms with Crippen LogP contribution in [0.2, 0.25) is 0 Å². The summed E-state index contributed by atoms with van der Waals surface area (Å²) in [6.45, 7) is 3.33. The first-order chi connectivity index (χ1) is 6.72. The Kier molecular flexibility index (Phi) is 4.77. The topological polar surface area (TPSA) is 50.4 Å². The van der Waals surface area contributed by atoms with E-state index in [1.165, 1.54) is 32.1 Å². The van der Waals surface area contributed by atoms with E-state index < -0.39 is 0 Å². The molecule has 3 heteroatoms. The number of rotatable bonds is 3. The second-order valence-electron chi connectivity index (χ2n) is 4.45. The second-order valence-corrected chi connectivity index (χ2v) is 4.45. The van der Waals surface area contributed by atoms with Gasteiger partial charge in [0.2, 0.25) is 0 Å². The molecule has 0 aromatic rings. The fourth-order valence-corrected chi connectivity index (χ4v) is 2.10. The molecule has 0 saturated heterocycles. The molecular formula is C11H23N3. The standard InChI is InChI=1S/C11H23N3/c1-9-3-5-10(6-4-9)7-8-14-11(12)13-2/h9-10H,3-8H2,1-2H3,(H3,12,13,14). The molecule has 3 nitrogen and oxygen atoms in total. The van der Waals surface area contributed by atoms with Gasteiger partial charge in [0.25, 0.3) is 0 Å². The van der Waals surface area contributed by atoms with Crippen LogP contribution in [0.1, 0.15) is 39.0 Å². The van der Waals surface area contributed by atoms with Gasteiger partial charge >= 0.3 is 0 Å². The molecule has 1 fully saturated rings. The van der Waals surface area contributed by atoms with Crippen LogP contribution in [0.3, 0.4) is 0 Å². The quantitative estimate of drug-likeness (QED) is 0.535. The molecule has 1 aliphatic rings.